The van der Waals surface area contributed by atoms with Crippen molar-refractivity contribution in [2.24, 2.45) is 5.41 Å². The van der Waals surface area contributed by atoms with Crippen LogP contribution in [0.5, 0.6) is 0 Å². The van der Waals surface area contributed by atoms with Gasteiger partial charge in [0.1, 0.15) is 16.9 Å². The zero-order valence-electron chi connectivity index (χ0n) is 11.4. The monoisotopic (exact) mass is 296 g/mol. The van der Waals surface area contributed by atoms with Gasteiger partial charge in [0.15, 0.2) is 11.6 Å². The van der Waals surface area contributed by atoms with Crippen LogP contribution in [0.15, 0.2) is 12.1 Å². The second-order valence-electron chi connectivity index (χ2n) is 5.31. The minimum Gasteiger partial charge on any atom is -0.320 e. The Kier molecular flexibility index (Phi) is 4.51. The van der Waals surface area contributed by atoms with Crippen LogP contribution in [-0.2, 0) is 4.79 Å². The molecule has 1 fully saturated rings. The van der Waals surface area contributed by atoms with E-state index >= 15 is 0 Å². The van der Waals surface area contributed by atoms with Crippen LogP contribution < -0.4 is 5.32 Å². The van der Waals surface area contributed by atoms with Gasteiger partial charge in [-0.05, 0) is 12.8 Å². The summed E-state index contributed by atoms with van der Waals surface area (Å²) >= 11 is 0. The third-order valence-electron chi connectivity index (χ3n) is 3.85. The summed E-state index contributed by atoms with van der Waals surface area (Å²) in [5, 5.41) is 11.5. The highest BCUT2D eigenvalue weighted by atomic mass is 19.1. The summed E-state index contributed by atoms with van der Waals surface area (Å²) in [7, 11) is 0. The molecule has 1 aromatic carbocycles. The standard InChI is InChI=1S/C15H15F3N2O/c16-10-7-11(17)13(12(18)8-10)20-14(21)15(9-19)5-3-1-2-4-6-15/h7-8H,1-6H2,(H,20,21). The van der Waals surface area contributed by atoms with Crippen molar-refractivity contribution in [1.82, 2.24) is 0 Å². The van der Waals surface area contributed by atoms with Gasteiger partial charge >= 0.3 is 0 Å². The molecule has 0 heterocycles. The van der Waals surface area contributed by atoms with Gasteiger partial charge in [-0.1, -0.05) is 25.7 Å². The summed E-state index contributed by atoms with van der Waals surface area (Å²) in [5.74, 6) is -4.17. The molecule has 1 aromatic rings. The summed E-state index contributed by atoms with van der Waals surface area (Å²) in [6.07, 6.45) is 4.01. The van der Waals surface area contributed by atoms with Crippen LogP contribution in [0.4, 0.5) is 18.9 Å². The normalized spacial score (nSPS) is 17.6. The molecule has 0 aromatic heterocycles. The van der Waals surface area contributed by atoms with E-state index in [1.165, 1.54) is 0 Å². The minimum absolute atomic E-state index is 0.361. The van der Waals surface area contributed by atoms with E-state index in [1.807, 2.05) is 6.07 Å². The van der Waals surface area contributed by atoms with Gasteiger partial charge in [0.05, 0.1) is 6.07 Å². The van der Waals surface area contributed by atoms with Gasteiger partial charge in [0.2, 0.25) is 5.91 Å². The zero-order chi connectivity index (χ0) is 15.5. The summed E-state index contributed by atoms with van der Waals surface area (Å²) in [5.41, 5.74) is -1.98. The van der Waals surface area contributed by atoms with Gasteiger partial charge in [-0.2, -0.15) is 5.26 Å². The number of nitrogens with one attached hydrogen (secondary N) is 1. The fourth-order valence-electron chi connectivity index (χ4n) is 2.62. The first-order chi connectivity index (χ1) is 9.98. The summed E-state index contributed by atoms with van der Waals surface area (Å²) in [6.45, 7) is 0. The number of rotatable bonds is 2. The van der Waals surface area contributed by atoms with Crippen molar-refractivity contribution in [3.05, 3.63) is 29.6 Å². The fourth-order valence-corrected chi connectivity index (χ4v) is 2.62. The number of hydrogen-bond donors (Lipinski definition) is 1. The summed E-state index contributed by atoms with van der Waals surface area (Å²) in [6, 6.07) is 2.98. The molecule has 6 heteroatoms. The number of amides is 1. The van der Waals surface area contributed by atoms with E-state index in [4.69, 9.17) is 0 Å². The molecule has 1 aliphatic carbocycles. The lowest BCUT2D eigenvalue weighted by Gasteiger charge is -2.23. The first-order valence-corrected chi connectivity index (χ1v) is 6.86. The summed E-state index contributed by atoms with van der Waals surface area (Å²) in [4.78, 5) is 12.3. The number of halogens is 3. The lowest BCUT2D eigenvalue weighted by Crippen LogP contribution is -2.35. The van der Waals surface area contributed by atoms with E-state index in [1.54, 1.807) is 0 Å². The maximum atomic E-state index is 13.6. The molecule has 1 amide bonds. The quantitative estimate of drug-likeness (QED) is 0.841. The number of carbonyl (C=O) groups excluding carboxylic acids is 1. The summed E-state index contributed by atoms with van der Waals surface area (Å²) < 4.78 is 40.0. The van der Waals surface area contributed by atoms with Gasteiger partial charge < -0.3 is 5.32 Å². The largest absolute Gasteiger partial charge is 0.320 e. The molecular formula is C15H15F3N2O. The van der Waals surface area contributed by atoms with Gasteiger partial charge in [0, 0.05) is 12.1 Å². The number of hydrogen-bond acceptors (Lipinski definition) is 2. The molecular weight excluding hydrogens is 281 g/mol. The number of benzene rings is 1. The van der Waals surface area contributed by atoms with Crippen molar-refractivity contribution in [2.75, 3.05) is 5.32 Å². The lowest BCUT2D eigenvalue weighted by molar-refractivity contribution is -0.123. The molecule has 1 N–H and O–H groups in total. The molecule has 2 rings (SSSR count). The Labute approximate surface area is 120 Å². The molecule has 1 saturated carbocycles. The number of nitrogens with zero attached hydrogens (tertiary/aromatic N) is 1. The molecule has 0 aliphatic heterocycles. The van der Waals surface area contributed by atoms with E-state index in [9.17, 15) is 23.2 Å². The van der Waals surface area contributed by atoms with Crippen molar-refractivity contribution in [3.8, 4) is 6.07 Å². The van der Waals surface area contributed by atoms with Gasteiger partial charge in [-0.3, -0.25) is 4.79 Å². The van der Waals surface area contributed by atoms with Crippen LogP contribution >= 0.6 is 0 Å². The fraction of sp³-hybridized carbons (Fsp3) is 0.467. The highest BCUT2D eigenvalue weighted by molar-refractivity contribution is 5.97. The zero-order valence-corrected chi connectivity index (χ0v) is 11.4. The Morgan fingerprint density at radius 2 is 1.62 bits per heavy atom. The minimum atomic E-state index is -1.27. The van der Waals surface area contributed by atoms with Crippen LogP contribution in [0, 0.1) is 34.2 Å². The van der Waals surface area contributed by atoms with Crippen LogP contribution in [0.2, 0.25) is 0 Å². The van der Waals surface area contributed by atoms with Crippen molar-refractivity contribution < 1.29 is 18.0 Å². The lowest BCUT2D eigenvalue weighted by atomic mass is 9.81. The van der Waals surface area contributed by atoms with Gasteiger partial charge in [-0.25, -0.2) is 13.2 Å². The second kappa shape index (κ2) is 6.17. The Hall–Kier alpha value is -2.03. The Morgan fingerprint density at radius 1 is 1.10 bits per heavy atom. The molecule has 3 nitrogen and oxygen atoms in total. The van der Waals surface area contributed by atoms with E-state index in [-0.39, 0.29) is 0 Å². The van der Waals surface area contributed by atoms with Gasteiger partial charge in [0.25, 0.3) is 0 Å². The average Bonchev–Trinajstić information content (AvgIpc) is 2.68. The predicted molar refractivity (Wildman–Crippen MR) is 70.7 cm³/mol. The van der Waals surface area contributed by atoms with Crippen molar-refractivity contribution >= 4 is 11.6 Å². The molecule has 0 bridgehead atoms. The van der Waals surface area contributed by atoms with E-state index in [0.717, 1.165) is 25.7 Å². The third-order valence-corrected chi connectivity index (χ3v) is 3.85. The van der Waals surface area contributed by atoms with E-state index in [0.29, 0.717) is 25.0 Å². The Morgan fingerprint density at radius 3 is 2.10 bits per heavy atom. The Balaban J connectivity index is 2.26. The van der Waals surface area contributed by atoms with Crippen molar-refractivity contribution in [2.45, 2.75) is 38.5 Å². The predicted octanol–water partition coefficient (Wildman–Crippen LogP) is 3.91. The maximum absolute atomic E-state index is 13.6. The maximum Gasteiger partial charge on any atom is 0.245 e. The highest BCUT2D eigenvalue weighted by Gasteiger charge is 2.39. The molecule has 21 heavy (non-hydrogen) atoms. The average molecular weight is 296 g/mol. The molecule has 0 atom stereocenters. The SMILES string of the molecule is N#CC1(C(=O)Nc2c(F)cc(F)cc2F)CCCCCC1. The van der Waals surface area contributed by atoms with Gasteiger partial charge in [-0.15, -0.1) is 0 Å². The first-order valence-electron chi connectivity index (χ1n) is 6.86. The highest BCUT2D eigenvalue weighted by Crippen LogP contribution is 2.36. The molecule has 1 aliphatic rings. The smallest absolute Gasteiger partial charge is 0.245 e. The third kappa shape index (κ3) is 3.18. The van der Waals surface area contributed by atoms with Crippen LogP contribution in [-0.4, -0.2) is 5.91 Å². The number of carbonyl (C=O) groups is 1. The van der Waals surface area contributed by atoms with Crippen LogP contribution in [0.3, 0.4) is 0 Å². The van der Waals surface area contributed by atoms with E-state index < -0.39 is 34.5 Å². The van der Waals surface area contributed by atoms with Crippen LogP contribution in [0.25, 0.3) is 0 Å². The molecule has 0 radical (unpaired) electrons. The molecule has 0 saturated heterocycles. The van der Waals surface area contributed by atoms with Crippen molar-refractivity contribution in [3.63, 3.8) is 0 Å². The van der Waals surface area contributed by atoms with E-state index in [2.05, 4.69) is 5.32 Å². The van der Waals surface area contributed by atoms with Crippen molar-refractivity contribution in [1.29, 1.82) is 5.26 Å². The van der Waals surface area contributed by atoms with Crippen LogP contribution in [0.1, 0.15) is 38.5 Å². The molecule has 112 valence electrons. The number of anilines is 1. The number of nitriles is 1. The topological polar surface area (TPSA) is 52.9 Å². The second-order valence-corrected chi connectivity index (χ2v) is 5.31. The molecule has 0 spiro atoms. The molecule has 0 unspecified atom stereocenters. The Bertz CT molecular complexity index is 564. The first kappa shape index (κ1) is 15.4.